The van der Waals surface area contributed by atoms with Crippen LogP contribution in [0.3, 0.4) is 0 Å². The van der Waals surface area contributed by atoms with Crippen LogP contribution in [0.5, 0.6) is 0 Å². The summed E-state index contributed by atoms with van der Waals surface area (Å²) in [5.41, 5.74) is 8.29. The summed E-state index contributed by atoms with van der Waals surface area (Å²) in [6, 6.07) is 6.23. The van der Waals surface area contributed by atoms with Crippen molar-refractivity contribution in [2.24, 2.45) is 5.73 Å². The first kappa shape index (κ1) is 11.4. The number of hydrogen-bond donors (Lipinski definition) is 2. The van der Waals surface area contributed by atoms with E-state index >= 15 is 0 Å². The number of rotatable bonds is 3. The van der Waals surface area contributed by atoms with Crippen LogP contribution in [-0.2, 0) is 0 Å². The molecule has 1 aromatic heterocycles. The van der Waals surface area contributed by atoms with Crippen LogP contribution in [-0.4, -0.2) is 16.5 Å². The Bertz CT molecular complexity index is 465. The second kappa shape index (κ2) is 4.80. The molecule has 3 N–H and O–H groups in total. The van der Waals surface area contributed by atoms with E-state index in [4.69, 9.17) is 5.73 Å². The summed E-state index contributed by atoms with van der Waals surface area (Å²) in [5.74, 6) is 1.05. The fraction of sp³-hybridized carbons (Fsp3) is 0.250. The molecule has 0 aliphatic carbocycles. The molecule has 0 aliphatic heterocycles. The van der Waals surface area contributed by atoms with Crippen molar-refractivity contribution in [1.82, 2.24) is 9.97 Å². The molecule has 0 aliphatic rings. The number of imidazole rings is 1. The van der Waals surface area contributed by atoms with Gasteiger partial charge in [0.2, 0.25) is 0 Å². The SMILES string of the molecule is Cc1ccc(Br)cc1C(CN)c1ncc[nH]1. The zero-order valence-corrected chi connectivity index (χ0v) is 10.7. The Balaban J connectivity index is 2.44. The Labute approximate surface area is 103 Å². The highest BCUT2D eigenvalue weighted by atomic mass is 79.9. The van der Waals surface area contributed by atoms with Gasteiger partial charge in [-0.2, -0.15) is 0 Å². The lowest BCUT2D eigenvalue weighted by Gasteiger charge is -2.15. The summed E-state index contributed by atoms with van der Waals surface area (Å²) >= 11 is 3.49. The highest BCUT2D eigenvalue weighted by molar-refractivity contribution is 9.10. The highest BCUT2D eigenvalue weighted by Gasteiger charge is 2.16. The lowest BCUT2D eigenvalue weighted by Crippen LogP contribution is -2.16. The van der Waals surface area contributed by atoms with Gasteiger partial charge in [0.1, 0.15) is 5.82 Å². The minimum Gasteiger partial charge on any atom is -0.348 e. The van der Waals surface area contributed by atoms with E-state index in [1.165, 1.54) is 11.1 Å². The summed E-state index contributed by atoms with van der Waals surface area (Å²) < 4.78 is 1.07. The van der Waals surface area contributed by atoms with Crippen molar-refractivity contribution in [3.05, 3.63) is 52.0 Å². The number of hydrogen-bond acceptors (Lipinski definition) is 2. The summed E-state index contributed by atoms with van der Waals surface area (Å²) in [6.07, 6.45) is 3.58. The molecule has 0 bridgehead atoms. The lowest BCUT2D eigenvalue weighted by atomic mass is 9.94. The smallest absolute Gasteiger partial charge is 0.114 e. The molecule has 0 amide bonds. The molecule has 0 radical (unpaired) electrons. The predicted molar refractivity (Wildman–Crippen MR) is 68.4 cm³/mol. The first-order valence-electron chi connectivity index (χ1n) is 5.17. The topological polar surface area (TPSA) is 54.7 Å². The van der Waals surface area contributed by atoms with E-state index in [-0.39, 0.29) is 5.92 Å². The van der Waals surface area contributed by atoms with Gasteiger partial charge in [0, 0.05) is 23.4 Å². The van der Waals surface area contributed by atoms with Crippen molar-refractivity contribution in [2.75, 3.05) is 6.54 Å². The van der Waals surface area contributed by atoms with E-state index in [0.717, 1.165) is 10.3 Å². The third kappa shape index (κ3) is 2.18. The molecule has 1 heterocycles. The largest absolute Gasteiger partial charge is 0.348 e. The second-order valence-corrected chi connectivity index (χ2v) is 4.68. The minimum atomic E-state index is 0.132. The van der Waals surface area contributed by atoms with Gasteiger partial charge in [-0.25, -0.2) is 4.98 Å². The molecule has 84 valence electrons. The number of nitrogens with two attached hydrogens (primary N) is 1. The number of benzene rings is 1. The van der Waals surface area contributed by atoms with E-state index in [1.807, 2.05) is 12.3 Å². The molecule has 4 heteroatoms. The van der Waals surface area contributed by atoms with Gasteiger partial charge in [0.15, 0.2) is 0 Å². The van der Waals surface area contributed by atoms with Gasteiger partial charge in [-0.1, -0.05) is 22.0 Å². The van der Waals surface area contributed by atoms with Crippen molar-refractivity contribution in [3.63, 3.8) is 0 Å². The molecule has 3 nitrogen and oxygen atoms in total. The Kier molecular flexibility index (Phi) is 3.41. The summed E-state index contributed by atoms with van der Waals surface area (Å²) in [4.78, 5) is 7.41. The molecule has 0 fully saturated rings. The van der Waals surface area contributed by atoms with Crippen LogP contribution in [0.15, 0.2) is 35.1 Å². The molecule has 2 aromatic rings. The maximum atomic E-state index is 5.84. The lowest BCUT2D eigenvalue weighted by molar-refractivity contribution is 0.759. The normalized spacial score (nSPS) is 12.7. The molecule has 0 saturated carbocycles. The number of nitrogens with one attached hydrogen (secondary N) is 1. The quantitative estimate of drug-likeness (QED) is 0.907. The average molecular weight is 280 g/mol. The standard InChI is InChI=1S/C12H14BrN3/c1-8-2-3-9(13)6-10(8)11(7-14)12-15-4-5-16-12/h2-6,11H,7,14H2,1H3,(H,15,16). The third-order valence-electron chi connectivity index (χ3n) is 2.70. The van der Waals surface area contributed by atoms with Gasteiger partial charge in [0.25, 0.3) is 0 Å². The van der Waals surface area contributed by atoms with Gasteiger partial charge < -0.3 is 10.7 Å². The molecule has 0 saturated heterocycles. The van der Waals surface area contributed by atoms with Crippen molar-refractivity contribution >= 4 is 15.9 Å². The Morgan fingerprint density at radius 2 is 2.31 bits per heavy atom. The number of aryl methyl sites for hydroxylation is 1. The van der Waals surface area contributed by atoms with E-state index in [9.17, 15) is 0 Å². The van der Waals surface area contributed by atoms with E-state index in [2.05, 4.69) is 45.0 Å². The predicted octanol–water partition coefficient (Wildman–Crippen LogP) is 2.57. The number of aromatic nitrogens is 2. The van der Waals surface area contributed by atoms with Crippen molar-refractivity contribution in [1.29, 1.82) is 0 Å². The van der Waals surface area contributed by atoms with Gasteiger partial charge in [0.05, 0.1) is 5.92 Å². The van der Waals surface area contributed by atoms with Crippen LogP contribution in [0.4, 0.5) is 0 Å². The maximum Gasteiger partial charge on any atom is 0.114 e. The summed E-state index contributed by atoms with van der Waals surface area (Å²) in [6.45, 7) is 2.64. The maximum absolute atomic E-state index is 5.84. The van der Waals surface area contributed by atoms with Gasteiger partial charge in [-0.3, -0.25) is 0 Å². The Morgan fingerprint density at radius 1 is 1.50 bits per heavy atom. The van der Waals surface area contributed by atoms with Gasteiger partial charge in [-0.05, 0) is 30.2 Å². The molecule has 2 rings (SSSR count). The Hall–Kier alpha value is -1.13. The van der Waals surface area contributed by atoms with Gasteiger partial charge >= 0.3 is 0 Å². The molecule has 16 heavy (non-hydrogen) atoms. The van der Waals surface area contributed by atoms with Crippen molar-refractivity contribution in [2.45, 2.75) is 12.8 Å². The average Bonchev–Trinajstić information content (AvgIpc) is 2.78. The highest BCUT2D eigenvalue weighted by Crippen LogP contribution is 2.26. The molecule has 1 aromatic carbocycles. The Morgan fingerprint density at radius 3 is 2.94 bits per heavy atom. The van der Waals surface area contributed by atoms with E-state index in [1.54, 1.807) is 6.20 Å². The van der Waals surface area contributed by atoms with Crippen LogP contribution < -0.4 is 5.73 Å². The first-order valence-corrected chi connectivity index (χ1v) is 5.97. The molecule has 0 spiro atoms. The molecule has 1 unspecified atom stereocenters. The number of nitrogens with zero attached hydrogens (tertiary/aromatic N) is 1. The van der Waals surface area contributed by atoms with Crippen LogP contribution in [0, 0.1) is 6.92 Å². The zero-order chi connectivity index (χ0) is 11.5. The fourth-order valence-electron chi connectivity index (χ4n) is 1.84. The van der Waals surface area contributed by atoms with Gasteiger partial charge in [-0.15, -0.1) is 0 Å². The molecule has 1 atom stereocenters. The fourth-order valence-corrected chi connectivity index (χ4v) is 2.22. The summed E-state index contributed by atoms with van der Waals surface area (Å²) in [5, 5.41) is 0. The van der Waals surface area contributed by atoms with Crippen molar-refractivity contribution < 1.29 is 0 Å². The molecular formula is C12H14BrN3. The second-order valence-electron chi connectivity index (χ2n) is 3.76. The van der Waals surface area contributed by atoms with Crippen LogP contribution in [0.1, 0.15) is 22.9 Å². The van der Waals surface area contributed by atoms with Crippen LogP contribution in [0.25, 0.3) is 0 Å². The number of H-pyrrole nitrogens is 1. The number of aromatic amines is 1. The minimum absolute atomic E-state index is 0.132. The molecular weight excluding hydrogens is 266 g/mol. The van der Waals surface area contributed by atoms with E-state index in [0.29, 0.717) is 6.54 Å². The number of halogens is 1. The monoisotopic (exact) mass is 279 g/mol. The van der Waals surface area contributed by atoms with Crippen LogP contribution >= 0.6 is 15.9 Å². The first-order chi connectivity index (χ1) is 7.72. The zero-order valence-electron chi connectivity index (χ0n) is 9.07. The van der Waals surface area contributed by atoms with Crippen LogP contribution in [0.2, 0.25) is 0 Å². The van der Waals surface area contributed by atoms with Crippen molar-refractivity contribution in [3.8, 4) is 0 Å². The summed E-state index contributed by atoms with van der Waals surface area (Å²) in [7, 11) is 0. The van der Waals surface area contributed by atoms with E-state index < -0.39 is 0 Å². The third-order valence-corrected chi connectivity index (χ3v) is 3.20.